The fourth-order valence-electron chi connectivity index (χ4n) is 5.50. The number of ether oxygens (including phenoxy) is 2. The molecule has 0 aromatic carbocycles. The van der Waals surface area contributed by atoms with E-state index in [9.17, 15) is 38.9 Å². The van der Waals surface area contributed by atoms with Gasteiger partial charge in [-0.25, -0.2) is 9.13 Å². The van der Waals surface area contributed by atoms with Crippen LogP contribution in [-0.2, 0) is 41.8 Å². The second kappa shape index (κ2) is 36.6. The van der Waals surface area contributed by atoms with E-state index in [2.05, 4.69) is 60.2 Å². The van der Waals surface area contributed by atoms with Crippen molar-refractivity contribution in [3.8, 4) is 0 Å². The Bertz CT molecular complexity index is 1280. The van der Waals surface area contributed by atoms with Crippen LogP contribution in [0.25, 0.3) is 0 Å². The average Bonchev–Trinajstić information content (AvgIpc) is 3.17. The molecule has 1 unspecified atom stereocenters. The molecule has 17 heteroatoms. The van der Waals surface area contributed by atoms with Crippen molar-refractivity contribution in [1.29, 1.82) is 0 Å². The molecule has 15 nitrogen and oxygen atoms in total. The molecule has 0 radical (unpaired) electrons. The number of phosphoric acid groups is 2. The average molecular weight is 883 g/mol. The Balaban J connectivity index is 4.79. The number of carbonyl (C=O) groups excluding carboxylic acids is 2. The van der Waals surface area contributed by atoms with E-state index in [-0.39, 0.29) is 32.1 Å². The van der Waals surface area contributed by atoms with Crippen LogP contribution < -0.4 is 0 Å². The van der Waals surface area contributed by atoms with E-state index in [1.807, 2.05) is 12.2 Å². The smallest absolute Gasteiger partial charge is 0.462 e. The summed E-state index contributed by atoms with van der Waals surface area (Å²) in [6.45, 7) is 3.58. The number of phosphoric ester groups is 2. The molecule has 59 heavy (non-hydrogen) atoms. The lowest BCUT2D eigenvalue weighted by atomic mass is 10.0. The fourth-order valence-corrected chi connectivity index (χ4v) is 6.66. The van der Waals surface area contributed by atoms with Crippen LogP contribution in [0.15, 0.2) is 48.6 Å². The van der Waals surface area contributed by atoms with E-state index in [1.165, 1.54) is 38.5 Å². The second-order valence-electron chi connectivity index (χ2n) is 15.0. The third-order valence-electron chi connectivity index (χ3n) is 8.85. The van der Waals surface area contributed by atoms with Crippen molar-refractivity contribution in [3.63, 3.8) is 0 Å². The largest absolute Gasteiger partial charge is 0.472 e. The summed E-state index contributed by atoms with van der Waals surface area (Å²) in [7, 11) is -9.78. The number of esters is 2. The maximum Gasteiger partial charge on any atom is 0.472 e. The molecule has 0 bridgehead atoms. The molecule has 0 saturated heterocycles. The van der Waals surface area contributed by atoms with Crippen molar-refractivity contribution < 1.29 is 71.8 Å². The lowest BCUT2D eigenvalue weighted by Crippen LogP contribution is -2.30. The number of carbonyl (C=O) groups is 2. The molecule has 0 saturated carbocycles. The van der Waals surface area contributed by atoms with Gasteiger partial charge in [0, 0.05) is 12.8 Å². The van der Waals surface area contributed by atoms with Crippen LogP contribution in [0.5, 0.6) is 0 Å². The van der Waals surface area contributed by atoms with Gasteiger partial charge >= 0.3 is 27.6 Å². The SMILES string of the molecule is CC/C=C\C/C=C\C/C=C\C/C=C\C[C@@H](O)[C@H](O)CCCC(=O)O[C@H](COC(=O)CCCCCCCCCCCCC(C)C)COP(=O)(O)OC[C@@H](O)COP(=O)(O)O. The van der Waals surface area contributed by atoms with Crippen LogP contribution >= 0.6 is 15.6 Å². The third kappa shape index (κ3) is 39.9. The zero-order valence-electron chi connectivity index (χ0n) is 35.7. The van der Waals surface area contributed by atoms with Crippen molar-refractivity contribution >= 4 is 27.6 Å². The minimum absolute atomic E-state index is 0.0894. The highest BCUT2D eigenvalue weighted by atomic mass is 31.2. The summed E-state index contributed by atoms with van der Waals surface area (Å²) in [5.41, 5.74) is 0. The molecule has 0 aliphatic heterocycles. The van der Waals surface area contributed by atoms with Gasteiger partial charge in [-0.2, -0.15) is 0 Å². The van der Waals surface area contributed by atoms with E-state index < -0.39 is 78.4 Å². The Labute approximate surface area is 353 Å². The van der Waals surface area contributed by atoms with E-state index in [0.717, 1.165) is 50.9 Å². The first-order chi connectivity index (χ1) is 28.0. The molecular weight excluding hydrogens is 806 g/mol. The Morgan fingerprint density at radius 2 is 1.05 bits per heavy atom. The monoisotopic (exact) mass is 882 g/mol. The molecular formula is C42H76O15P2. The Morgan fingerprint density at radius 1 is 0.559 bits per heavy atom. The summed E-state index contributed by atoms with van der Waals surface area (Å²) < 4.78 is 47.5. The highest BCUT2D eigenvalue weighted by Crippen LogP contribution is 2.43. The Morgan fingerprint density at radius 3 is 1.61 bits per heavy atom. The topological polar surface area (TPSA) is 236 Å². The van der Waals surface area contributed by atoms with Crippen LogP contribution in [0.1, 0.15) is 149 Å². The summed E-state index contributed by atoms with van der Waals surface area (Å²) in [6.07, 6.45) is 27.2. The molecule has 0 amide bonds. The fraction of sp³-hybridized carbons (Fsp3) is 0.762. The van der Waals surface area contributed by atoms with Crippen molar-refractivity contribution in [1.82, 2.24) is 0 Å². The number of unbranched alkanes of at least 4 members (excludes halogenated alkanes) is 9. The van der Waals surface area contributed by atoms with E-state index >= 15 is 0 Å². The number of hydrogen-bond donors (Lipinski definition) is 6. The van der Waals surface area contributed by atoms with Crippen LogP contribution in [0.4, 0.5) is 0 Å². The van der Waals surface area contributed by atoms with Crippen LogP contribution in [0.3, 0.4) is 0 Å². The van der Waals surface area contributed by atoms with Gasteiger partial charge in [0.1, 0.15) is 12.7 Å². The lowest BCUT2D eigenvalue weighted by molar-refractivity contribution is -0.161. The van der Waals surface area contributed by atoms with Gasteiger partial charge in [0.25, 0.3) is 0 Å². The van der Waals surface area contributed by atoms with Crippen LogP contribution in [0.2, 0.25) is 0 Å². The van der Waals surface area contributed by atoms with Gasteiger partial charge in [0.05, 0.1) is 32.0 Å². The maximum atomic E-state index is 12.7. The molecule has 6 N–H and O–H groups in total. The predicted octanol–water partition coefficient (Wildman–Crippen LogP) is 8.47. The maximum absolute atomic E-state index is 12.7. The summed E-state index contributed by atoms with van der Waals surface area (Å²) >= 11 is 0. The lowest BCUT2D eigenvalue weighted by Gasteiger charge is -2.21. The summed E-state index contributed by atoms with van der Waals surface area (Å²) in [6, 6.07) is 0. The van der Waals surface area contributed by atoms with Crippen molar-refractivity contribution in [2.45, 2.75) is 174 Å². The summed E-state index contributed by atoms with van der Waals surface area (Å²) in [4.78, 5) is 52.7. The number of rotatable bonds is 39. The predicted molar refractivity (Wildman–Crippen MR) is 228 cm³/mol. The molecule has 344 valence electrons. The third-order valence-corrected chi connectivity index (χ3v) is 10.3. The van der Waals surface area contributed by atoms with Gasteiger partial charge in [-0.1, -0.05) is 134 Å². The first kappa shape index (κ1) is 57.0. The van der Waals surface area contributed by atoms with Crippen LogP contribution in [-0.4, -0.2) is 92.8 Å². The van der Waals surface area contributed by atoms with Crippen molar-refractivity contribution in [3.05, 3.63) is 48.6 Å². The minimum Gasteiger partial charge on any atom is -0.462 e. The van der Waals surface area contributed by atoms with Gasteiger partial charge in [-0.05, 0) is 57.3 Å². The van der Waals surface area contributed by atoms with Gasteiger partial charge in [0.15, 0.2) is 6.10 Å². The quantitative estimate of drug-likeness (QED) is 0.0147. The molecule has 0 fully saturated rings. The molecule has 5 atom stereocenters. The standard InChI is InChI=1S/C42H76O15P2/c1-4-5-6-7-8-9-10-11-15-18-21-24-28-39(44)40(45)29-26-31-42(47)57-38(35-56-59(51,52)55-33-37(43)32-54-58(48,49)50)34-53-41(46)30-25-22-19-16-13-12-14-17-20-23-27-36(2)3/h5-6,8-9,11,15,21,24,36-40,43-45H,4,7,10,12-14,16-20,22-23,25-35H2,1-3H3,(H,51,52)(H2,48,49,50)/b6-5-,9-8-,15-11-,24-21-/t37-,38+,39+,40+/m0/s1. The van der Waals surface area contributed by atoms with E-state index in [0.29, 0.717) is 12.8 Å². The molecule has 0 aromatic rings. The molecule has 0 spiro atoms. The van der Waals surface area contributed by atoms with Crippen molar-refractivity contribution in [2.75, 3.05) is 26.4 Å². The zero-order chi connectivity index (χ0) is 44.2. The Hall–Kier alpha value is -2.00. The molecule has 0 aromatic heterocycles. The number of aliphatic hydroxyl groups is 3. The van der Waals surface area contributed by atoms with Gasteiger partial charge in [-0.15, -0.1) is 0 Å². The first-order valence-corrected chi connectivity index (χ1v) is 24.4. The van der Waals surface area contributed by atoms with Crippen molar-refractivity contribution in [2.24, 2.45) is 5.92 Å². The summed E-state index contributed by atoms with van der Waals surface area (Å²) in [5.74, 6) is -0.564. The molecule has 0 aliphatic rings. The zero-order valence-corrected chi connectivity index (χ0v) is 37.5. The van der Waals surface area contributed by atoms with E-state index in [1.54, 1.807) is 6.08 Å². The summed E-state index contributed by atoms with van der Waals surface area (Å²) in [5, 5.41) is 30.5. The molecule has 0 heterocycles. The normalized spacial score (nSPS) is 15.7. The first-order valence-electron chi connectivity index (χ1n) is 21.4. The van der Waals surface area contributed by atoms with Crippen LogP contribution in [0, 0.1) is 5.92 Å². The van der Waals surface area contributed by atoms with Gasteiger partial charge < -0.3 is 39.5 Å². The Kier molecular flexibility index (Phi) is 35.4. The highest BCUT2D eigenvalue weighted by Gasteiger charge is 2.28. The number of hydrogen-bond acceptors (Lipinski definition) is 12. The van der Waals surface area contributed by atoms with Gasteiger partial charge in [-0.3, -0.25) is 23.2 Å². The molecule has 0 aliphatic carbocycles. The number of aliphatic hydroxyl groups excluding tert-OH is 3. The van der Waals surface area contributed by atoms with E-state index in [4.69, 9.17) is 23.8 Å². The second-order valence-corrected chi connectivity index (χ2v) is 17.7. The minimum atomic E-state index is -4.90. The van der Waals surface area contributed by atoms with Gasteiger partial charge in [0.2, 0.25) is 0 Å². The number of allylic oxidation sites excluding steroid dienone is 7. The highest BCUT2D eigenvalue weighted by molar-refractivity contribution is 7.47. The molecule has 0 rings (SSSR count).